The Morgan fingerprint density at radius 2 is 1.89 bits per heavy atom. The summed E-state index contributed by atoms with van der Waals surface area (Å²) in [5, 5.41) is 34.8. The van der Waals surface area contributed by atoms with Crippen LogP contribution in [0.5, 0.6) is 11.5 Å². The topological polar surface area (TPSA) is 157 Å². The fourth-order valence-corrected chi connectivity index (χ4v) is 2.05. The van der Waals surface area contributed by atoms with Crippen molar-refractivity contribution in [3.63, 3.8) is 0 Å². The summed E-state index contributed by atoms with van der Waals surface area (Å²) in [4.78, 5) is 32.3. The van der Waals surface area contributed by atoms with Crippen molar-refractivity contribution in [2.45, 2.75) is 6.92 Å². The number of hydrazone groups is 1. The van der Waals surface area contributed by atoms with Crippen LogP contribution in [-0.4, -0.2) is 33.7 Å². The van der Waals surface area contributed by atoms with Gasteiger partial charge in [0.05, 0.1) is 21.6 Å². The van der Waals surface area contributed by atoms with Crippen LogP contribution < -0.4 is 10.2 Å². The molecule has 0 aliphatic heterocycles. The van der Waals surface area contributed by atoms with E-state index in [1.807, 2.05) is 0 Å². The van der Waals surface area contributed by atoms with Crippen molar-refractivity contribution >= 4 is 23.5 Å². The zero-order valence-electron chi connectivity index (χ0n) is 14.0. The third-order valence-electron chi connectivity index (χ3n) is 3.27. The predicted molar refractivity (Wildman–Crippen MR) is 93.8 cm³/mol. The molecule has 0 spiro atoms. The molecular formula is C16H14N4O7. The molecule has 27 heavy (non-hydrogen) atoms. The Morgan fingerprint density at radius 3 is 2.56 bits per heavy atom. The number of amides is 1. The highest BCUT2D eigenvalue weighted by molar-refractivity contribution is 5.87. The van der Waals surface area contributed by atoms with Gasteiger partial charge in [0.2, 0.25) is 0 Å². The van der Waals surface area contributed by atoms with Crippen LogP contribution in [0.2, 0.25) is 0 Å². The number of phenolic OH excluding ortho intramolecular Hbond substituents is 1. The lowest BCUT2D eigenvalue weighted by Crippen LogP contribution is -2.24. The van der Waals surface area contributed by atoms with E-state index in [0.717, 1.165) is 24.4 Å². The number of rotatable bonds is 7. The van der Waals surface area contributed by atoms with Gasteiger partial charge in [0, 0.05) is 12.1 Å². The van der Waals surface area contributed by atoms with Gasteiger partial charge in [0.15, 0.2) is 12.4 Å². The fraction of sp³-hybridized carbons (Fsp3) is 0.125. The van der Waals surface area contributed by atoms with E-state index in [1.54, 1.807) is 13.0 Å². The standard InChI is InChI=1S/C16H14N4O7/c1-10-2-5-15(14(6-10)20(25)26)27-9-16(22)18-17-8-11-7-12(21)3-4-13(11)19(23)24/h2-8,21H,9H2,1H3,(H,18,22)/b17-8-. The monoisotopic (exact) mass is 374 g/mol. The lowest BCUT2D eigenvalue weighted by Gasteiger charge is -2.06. The number of nitrogens with zero attached hydrogens (tertiary/aromatic N) is 3. The molecule has 0 aliphatic carbocycles. The van der Waals surface area contributed by atoms with E-state index in [4.69, 9.17) is 4.74 Å². The van der Waals surface area contributed by atoms with Crippen LogP contribution in [-0.2, 0) is 4.79 Å². The molecule has 11 nitrogen and oxygen atoms in total. The molecule has 0 aromatic heterocycles. The first-order chi connectivity index (χ1) is 12.8. The third kappa shape index (κ3) is 5.22. The Hall–Kier alpha value is -4.02. The molecule has 140 valence electrons. The lowest BCUT2D eigenvalue weighted by atomic mass is 10.2. The summed E-state index contributed by atoms with van der Waals surface area (Å²) in [5.41, 5.74) is 2.14. The second-order valence-corrected chi connectivity index (χ2v) is 5.31. The van der Waals surface area contributed by atoms with Gasteiger partial charge in [0.25, 0.3) is 11.6 Å². The number of aromatic hydroxyl groups is 1. The second-order valence-electron chi connectivity index (χ2n) is 5.31. The summed E-state index contributed by atoms with van der Waals surface area (Å²) in [6.07, 6.45) is 0.990. The van der Waals surface area contributed by atoms with Gasteiger partial charge in [0.1, 0.15) is 5.75 Å². The fourth-order valence-electron chi connectivity index (χ4n) is 2.05. The Morgan fingerprint density at radius 1 is 1.19 bits per heavy atom. The summed E-state index contributed by atoms with van der Waals surface area (Å²) in [6, 6.07) is 7.64. The minimum Gasteiger partial charge on any atom is -0.508 e. The number of hydrogen-bond donors (Lipinski definition) is 2. The zero-order valence-corrected chi connectivity index (χ0v) is 14.0. The highest BCUT2D eigenvalue weighted by Gasteiger charge is 2.16. The van der Waals surface area contributed by atoms with Gasteiger partial charge in [-0.15, -0.1) is 0 Å². The SMILES string of the molecule is Cc1ccc(OCC(=O)N/N=C\c2cc(O)ccc2[N+](=O)[O-])c([N+](=O)[O-])c1. The number of nitrogens with one attached hydrogen (secondary N) is 1. The predicted octanol–water partition coefficient (Wildman–Crippen LogP) is 2.05. The van der Waals surface area contributed by atoms with E-state index in [1.165, 1.54) is 12.1 Å². The summed E-state index contributed by atoms with van der Waals surface area (Å²) in [6.45, 7) is 1.13. The molecule has 0 bridgehead atoms. The maximum atomic E-state index is 11.7. The molecule has 1 amide bonds. The Bertz CT molecular complexity index is 927. The average Bonchev–Trinajstić information content (AvgIpc) is 2.60. The largest absolute Gasteiger partial charge is 0.508 e. The number of carbonyl (C=O) groups is 1. The lowest BCUT2D eigenvalue weighted by molar-refractivity contribution is -0.385. The van der Waals surface area contributed by atoms with Crippen LogP contribution >= 0.6 is 0 Å². The van der Waals surface area contributed by atoms with Gasteiger partial charge in [-0.05, 0) is 30.7 Å². The number of carbonyl (C=O) groups excluding carboxylic acids is 1. The third-order valence-corrected chi connectivity index (χ3v) is 3.27. The van der Waals surface area contributed by atoms with E-state index in [0.29, 0.717) is 5.56 Å². The normalized spacial score (nSPS) is 10.6. The molecule has 0 heterocycles. The van der Waals surface area contributed by atoms with Crippen LogP contribution in [0.15, 0.2) is 41.5 Å². The van der Waals surface area contributed by atoms with Crippen LogP contribution in [0.25, 0.3) is 0 Å². The molecule has 0 unspecified atom stereocenters. The van der Waals surface area contributed by atoms with Crippen molar-refractivity contribution in [3.8, 4) is 11.5 Å². The first-order valence-corrected chi connectivity index (χ1v) is 7.45. The van der Waals surface area contributed by atoms with Crippen molar-refractivity contribution in [3.05, 3.63) is 67.8 Å². The van der Waals surface area contributed by atoms with Crippen molar-refractivity contribution < 1.29 is 24.5 Å². The number of nitro groups is 2. The molecule has 0 saturated carbocycles. The smallest absolute Gasteiger partial charge is 0.311 e. The summed E-state index contributed by atoms with van der Waals surface area (Å²) in [7, 11) is 0. The van der Waals surface area contributed by atoms with Crippen LogP contribution in [0.4, 0.5) is 11.4 Å². The molecule has 0 radical (unpaired) electrons. The average molecular weight is 374 g/mol. The first kappa shape index (κ1) is 19.3. The molecule has 0 atom stereocenters. The van der Waals surface area contributed by atoms with E-state index >= 15 is 0 Å². The van der Waals surface area contributed by atoms with Crippen molar-refractivity contribution in [1.82, 2.24) is 5.43 Å². The molecule has 2 rings (SSSR count). The van der Waals surface area contributed by atoms with E-state index < -0.39 is 22.4 Å². The minimum atomic E-state index is -0.732. The van der Waals surface area contributed by atoms with E-state index in [2.05, 4.69) is 10.5 Å². The Balaban J connectivity index is 2.00. The molecule has 11 heteroatoms. The molecule has 0 fully saturated rings. The first-order valence-electron chi connectivity index (χ1n) is 7.45. The number of ether oxygens (including phenoxy) is 1. The summed E-state index contributed by atoms with van der Waals surface area (Å²) >= 11 is 0. The van der Waals surface area contributed by atoms with Gasteiger partial charge >= 0.3 is 5.69 Å². The van der Waals surface area contributed by atoms with Gasteiger partial charge < -0.3 is 9.84 Å². The molecular weight excluding hydrogens is 360 g/mol. The second kappa shape index (κ2) is 8.38. The number of nitro benzene ring substituents is 2. The minimum absolute atomic E-state index is 0.0182. The van der Waals surface area contributed by atoms with Gasteiger partial charge in [-0.3, -0.25) is 25.0 Å². The van der Waals surface area contributed by atoms with E-state index in [-0.39, 0.29) is 28.4 Å². The maximum absolute atomic E-state index is 11.7. The number of phenols is 1. The van der Waals surface area contributed by atoms with Gasteiger partial charge in [-0.2, -0.15) is 5.10 Å². The number of benzene rings is 2. The van der Waals surface area contributed by atoms with Crippen LogP contribution in [0.3, 0.4) is 0 Å². The molecule has 2 aromatic carbocycles. The maximum Gasteiger partial charge on any atom is 0.311 e. The molecule has 0 saturated heterocycles. The molecule has 0 aliphatic rings. The summed E-state index contributed by atoms with van der Waals surface area (Å²) in [5.74, 6) is -1.01. The number of hydrogen-bond acceptors (Lipinski definition) is 8. The Labute approximate surface area is 152 Å². The van der Waals surface area contributed by atoms with Crippen molar-refractivity contribution in [1.29, 1.82) is 0 Å². The quantitative estimate of drug-likeness (QED) is 0.426. The highest BCUT2D eigenvalue weighted by Crippen LogP contribution is 2.27. The molecule has 2 aromatic rings. The van der Waals surface area contributed by atoms with Crippen molar-refractivity contribution in [2.75, 3.05) is 6.61 Å². The zero-order chi connectivity index (χ0) is 20.0. The van der Waals surface area contributed by atoms with Crippen molar-refractivity contribution in [2.24, 2.45) is 5.10 Å². The van der Waals surface area contributed by atoms with Crippen LogP contribution in [0.1, 0.15) is 11.1 Å². The molecule has 2 N–H and O–H groups in total. The van der Waals surface area contributed by atoms with Gasteiger partial charge in [-0.25, -0.2) is 5.43 Å². The summed E-state index contributed by atoms with van der Waals surface area (Å²) < 4.78 is 5.12. The van der Waals surface area contributed by atoms with Gasteiger partial charge in [-0.1, -0.05) is 6.07 Å². The highest BCUT2D eigenvalue weighted by atomic mass is 16.6. The van der Waals surface area contributed by atoms with Crippen LogP contribution in [0, 0.1) is 27.2 Å². The Kier molecular flexibility index (Phi) is 5.99. The number of aryl methyl sites for hydroxylation is 1. The van der Waals surface area contributed by atoms with E-state index in [9.17, 15) is 30.1 Å².